The molecule has 13 heteroatoms. The van der Waals surface area contributed by atoms with Gasteiger partial charge in [0.25, 0.3) is 0 Å². The van der Waals surface area contributed by atoms with Crippen molar-refractivity contribution in [3.8, 4) is 0 Å². The van der Waals surface area contributed by atoms with Crippen LogP contribution in [0.15, 0.2) is 30.3 Å². The number of amides is 4. The highest BCUT2D eigenvalue weighted by Gasteiger charge is 2.43. The van der Waals surface area contributed by atoms with E-state index in [4.69, 9.17) is 15.2 Å². The van der Waals surface area contributed by atoms with Gasteiger partial charge in [-0.15, -0.1) is 0 Å². The fraction of sp³-hybridized carbons (Fsp3) is 0.730. The Labute approximate surface area is 298 Å². The first-order chi connectivity index (χ1) is 23.7. The Balaban J connectivity index is 2.22. The van der Waals surface area contributed by atoms with Gasteiger partial charge in [0.05, 0.1) is 55.3 Å². The number of rotatable bonds is 21. The number of likely N-dealkylation sites (N-methyl/N-ethyl adjacent to an activating group) is 1. The molecule has 1 saturated heterocycles. The highest BCUT2D eigenvalue weighted by molar-refractivity contribution is 5.90. The van der Waals surface area contributed by atoms with Gasteiger partial charge in [0.15, 0.2) is 0 Å². The Morgan fingerprint density at radius 1 is 1.02 bits per heavy atom. The van der Waals surface area contributed by atoms with Gasteiger partial charge in [-0.05, 0) is 43.1 Å². The minimum atomic E-state index is -0.947. The van der Waals surface area contributed by atoms with Crippen LogP contribution in [0.2, 0.25) is 0 Å². The van der Waals surface area contributed by atoms with Crippen LogP contribution in [0.3, 0.4) is 0 Å². The number of carbonyl (C=O) groups is 4. The predicted molar refractivity (Wildman–Crippen MR) is 192 cm³/mol. The van der Waals surface area contributed by atoms with Gasteiger partial charge in [0.2, 0.25) is 23.6 Å². The zero-order valence-electron chi connectivity index (χ0n) is 31.3. The molecule has 9 atom stereocenters. The van der Waals surface area contributed by atoms with E-state index in [0.717, 1.165) is 12.0 Å². The molecule has 2 rings (SSSR count). The van der Waals surface area contributed by atoms with Gasteiger partial charge < -0.3 is 45.9 Å². The normalized spacial score (nSPS) is 19.5. The van der Waals surface area contributed by atoms with Crippen molar-refractivity contribution >= 4 is 23.6 Å². The minimum Gasteiger partial charge on any atom is -0.396 e. The number of likely N-dealkylation sites (tertiary alicyclic amines) is 1. The maximum Gasteiger partial charge on any atom is 0.245 e. The second-order valence-electron chi connectivity index (χ2n) is 14.0. The Bertz CT molecular complexity index is 1200. The summed E-state index contributed by atoms with van der Waals surface area (Å²) in [5.74, 6) is -2.18. The third kappa shape index (κ3) is 11.7. The van der Waals surface area contributed by atoms with E-state index in [9.17, 15) is 29.4 Å². The lowest BCUT2D eigenvalue weighted by Crippen LogP contribution is -2.59. The summed E-state index contributed by atoms with van der Waals surface area (Å²) in [6, 6.07) is 6.51. The Kier molecular flexibility index (Phi) is 18.4. The highest BCUT2D eigenvalue weighted by Crippen LogP contribution is 2.29. The Morgan fingerprint density at radius 2 is 1.68 bits per heavy atom. The molecule has 0 spiro atoms. The number of nitrogens with zero attached hydrogens (tertiary/aromatic N) is 2. The molecule has 1 fully saturated rings. The average Bonchev–Trinajstić information content (AvgIpc) is 3.59. The quantitative estimate of drug-likeness (QED) is 0.127. The number of carbonyl (C=O) groups excluding carboxylic acids is 4. The third-order valence-corrected chi connectivity index (χ3v) is 10.2. The van der Waals surface area contributed by atoms with Gasteiger partial charge in [0.1, 0.15) is 6.04 Å². The summed E-state index contributed by atoms with van der Waals surface area (Å²) < 4.78 is 11.8. The number of hydrogen-bond donors (Lipinski definition) is 5. The zero-order chi connectivity index (χ0) is 37.5. The van der Waals surface area contributed by atoms with E-state index >= 15 is 0 Å². The maximum atomic E-state index is 14.1. The molecule has 1 aliphatic heterocycles. The highest BCUT2D eigenvalue weighted by atomic mass is 16.5. The largest absolute Gasteiger partial charge is 0.396 e. The van der Waals surface area contributed by atoms with Gasteiger partial charge >= 0.3 is 0 Å². The summed E-state index contributed by atoms with van der Waals surface area (Å²) in [6.07, 6.45) is 1.44. The van der Waals surface area contributed by atoms with Crippen LogP contribution in [-0.2, 0) is 35.1 Å². The van der Waals surface area contributed by atoms with Crippen LogP contribution in [-0.4, -0.2) is 127 Å². The molecule has 50 heavy (non-hydrogen) atoms. The van der Waals surface area contributed by atoms with Gasteiger partial charge in [-0.25, -0.2) is 0 Å². The van der Waals surface area contributed by atoms with Gasteiger partial charge in [-0.3, -0.25) is 19.2 Å². The number of methoxy groups -OCH3 is 2. The standard InChI is InChI=1S/C37H63N5O8/c1-9-24(4)33(41(6)37(48)32(23(2)3)40-36(47)28(38)17-19-43)30(49-7)21-31(45)42-18-13-16-29(42)34(50-8)25(5)35(46)39-27(22-44)20-26-14-11-10-12-15-26/h10-12,14-15,23-25,27-30,32-34,43-44H,9,13,16-22,38H2,1-8H3,(H,39,46)(H,40,47)/t24-,25+,27-,28-,29-,30+,32-,33-,34+/m0/s1. The van der Waals surface area contributed by atoms with Crippen LogP contribution in [0.4, 0.5) is 0 Å². The van der Waals surface area contributed by atoms with E-state index in [1.165, 1.54) is 7.11 Å². The molecule has 1 heterocycles. The summed E-state index contributed by atoms with van der Waals surface area (Å²) in [5.41, 5.74) is 6.90. The van der Waals surface area contributed by atoms with Gasteiger partial charge in [-0.2, -0.15) is 0 Å². The number of ether oxygens (including phenoxy) is 2. The molecule has 0 saturated carbocycles. The summed E-state index contributed by atoms with van der Waals surface area (Å²) in [7, 11) is 4.74. The number of nitrogens with one attached hydrogen (secondary N) is 2. The van der Waals surface area contributed by atoms with E-state index < -0.39 is 48.2 Å². The molecule has 0 unspecified atom stereocenters. The number of aliphatic hydroxyl groups excluding tert-OH is 2. The first kappa shape index (κ1) is 43.1. The summed E-state index contributed by atoms with van der Waals surface area (Å²) in [5, 5.41) is 24.9. The van der Waals surface area contributed by atoms with Gasteiger partial charge in [0, 0.05) is 34.4 Å². The van der Waals surface area contributed by atoms with Crippen LogP contribution in [0, 0.1) is 17.8 Å². The summed E-state index contributed by atoms with van der Waals surface area (Å²) in [4.78, 5) is 57.5. The average molecular weight is 706 g/mol. The van der Waals surface area contributed by atoms with Crippen molar-refractivity contribution in [1.82, 2.24) is 20.4 Å². The second kappa shape index (κ2) is 21.3. The smallest absolute Gasteiger partial charge is 0.245 e. The fourth-order valence-corrected chi connectivity index (χ4v) is 6.96. The lowest BCUT2D eigenvalue weighted by molar-refractivity contribution is -0.147. The first-order valence-corrected chi connectivity index (χ1v) is 18.0. The number of benzene rings is 1. The van der Waals surface area contributed by atoms with Crippen LogP contribution >= 0.6 is 0 Å². The molecule has 1 aliphatic rings. The third-order valence-electron chi connectivity index (χ3n) is 10.2. The number of aliphatic hydroxyl groups is 2. The predicted octanol–water partition coefficient (Wildman–Crippen LogP) is 1.48. The van der Waals surface area contributed by atoms with Crippen LogP contribution in [0.5, 0.6) is 0 Å². The Hall–Kier alpha value is -3.10. The molecule has 0 bridgehead atoms. The summed E-state index contributed by atoms with van der Waals surface area (Å²) in [6.45, 7) is 9.49. The molecule has 284 valence electrons. The number of hydrogen-bond acceptors (Lipinski definition) is 9. The van der Waals surface area contributed by atoms with E-state index in [0.29, 0.717) is 25.8 Å². The van der Waals surface area contributed by atoms with Crippen molar-refractivity contribution < 1.29 is 38.9 Å². The molecule has 4 amide bonds. The van der Waals surface area contributed by atoms with Crippen molar-refractivity contribution in [2.24, 2.45) is 23.5 Å². The lowest BCUT2D eigenvalue weighted by Gasteiger charge is -2.41. The van der Waals surface area contributed by atoms with Crippen LogP contribution < -0.4 is 16.4 Å². The number of nitrogens with two attached hydrogens (primary N) is 1. The van der Waals surface area contributed by atoms with E-state index in [1.54, 1.807) is 30.9 Å². The summed E-state index contributed by atoms with van der Waals surface area (Å²) >= 11 is 0. The first-order valence-electron chi connectivity index (χ1n) is 18.0. The zero-order valence-corrected chi connectivity index (χ0v) is 31.3. The molecule has 0 aromatic heterocycles. The molecule has 1 aromatic carbocycles. The minimum absolute atomic E-state index is 0.000376. The molecule has 6 N–H and O–H groups in total. The maximum absolute atomic E-state index is 14.1. The molecular formula is C37H63N5O8. The SMILES string of the molecule is CC[C@H](C)[C@@H]([C@@H](CC(=O)N1CCC[C@H]1[C@H](OC)[C@@H](C)C(=O)N[C@H](CO)Cc1ccccc1)OC)N(C)C(=O)[C@@H](NC(=O)[C@@H](N)CCO)C(C)C. The van der Waals surface area contributed by atoms with Crippen molar-refractivity contribution in [2.75, 3.05) is 41.0 Å². The second-order valence-corrected chi connectivity index (χ2v) is 14.0. The molecule has 13 nitrogen and oxygen atoms in total. The van der Waals surface area contributed by atoms with Crippen molar-refractivity contribution in [2.45, 2.75) is 116 Å². The fourth-order valence-electron chi connectivity index (χ4n) is 6.96. The van der Waals surface area contributed by atoms with E-state index in [1.807, 2.05) is 58.0 Å². The van der Waals surface area contributed by atoms with Crippen LogP contribution in [0.1, 0.15) is 72.3 Å². The van der Waals surface area contributed by atoms with Gasteiger partial charge in [-0.1, -0.05) is 71.4 Å². The van der Waals surface area contributed by atoms with E-state index in [2.05, 4.69) is 10.6 Å². The van der Waals surface area contributed by atoms with Crippen molar-refractivity contribution in [1.29, 1.82) is 0 Å². The molecule has 0 aliphatic carbocycles. The van der Waals surface area contributed by atoms with Crippen molar-refractivity contribution in [3.63, 3.8) is 0 Å². The van der Waals surface area contributed by atoms with E-state index in [-0.39, 0.29) is 61.7 Å². The molecular weight excluding hydrogens is 642 g/mol. The lowest BCUT2D eigenvalue weighted by atomic mass is 9.89. The monoisotopic (exact) mass is 705 g/mol. The van der Waals surface area contributed by atoms with Crippen molar-refractivity contribution in [3.05, 3.63) is 35.9 Å². The molecule has 0 radical (unpaired) electrons. The topological polar surface area (TPSA) is 184 Å². The Morgan fingerprint density at radius 3 is 2.22 bits per heavy atom. The molecule has 1 aromatic rings. The van der Waals surface area contributed by atoms with Crippen LogP contribution in [0.25, 0.3) is 0 Å².